The van der Waals surface area contributed by atoms with Gasteiger partial charge in [0.25, 0.3) is 0 Å². The molecule has 0 aliphatic carbocycles. The summed E-state index contributed by atoms with van der Waals surface area (Å²) in [5.41, 5.74) is 0. The number of rotatable bonds is 11. The minimum absolute atomic E-state index is 0.106. The summed E-state index contributed by atoms with van der Waals surface area (Å²) in [6.07, 6.45) is 0.158. The highest BCUT2D eigenvalue weighted by molar-refractivity contribution is 5.91. The molecule has 0 aromatic carbocycles. The van der Waals surface area contributed by atoms with Crippen LogP contribution in [0.25, 0.3) is 0 Å². The summed E-state index contributed by atoms with van der Waals surface area (Å²) < 4.78 is 10.0. The zero-order valence-corrected chi connectivity index (χ0v) is 14.6. The van der Waals surface area contributed by atoms with E-state index in [4.69, 9.17) is 9.47 Å². The molecule has 0 aromatic rings. The molecule has 0 unspecified atom stereocenters. The number of amides is 3. The zero-order valence-electron chi connectivity index (χ0n) is 14.6. The summed E-state index contributed by atoms with van der Waals surface area (Å²) in [5.74, 6) is -1.06. The largest absolute Gasteiger partial charge is 0.382 e. The van der Waals surface area contributed by atoms with E-state index >= 15 is 0 Å². The minimum Gasteiger partial charge on any atom is -0.382 e. The van der Waals surface area contributed by atoms with E-state index in [0.29, 0.717) is 13.2 Å². The van der Waals surface area contributed by atoms with Crippen LogP contribution in [-0.4, -0.2) is 63.8 Å². The summed E-state index contributed by atoms with van der Waals surface area (Å²) in [7, 11) is 3.07. The van der Waals surface area contributed by atoms with Gasteiger partial charge in [-0.25, -0.2) is 0 Å². The number of likely N-dealkylation sites (N-methyl/N-ethyl adjacent to an activating group) is 1. The van der Waals surface area contributed by atoms with E-state index in [0.717, 1.165) is 0 Å². The highest BCUT2D eigenvalue weighted by atomic mass is 16.5. The second-order valence-corrected chi connectivity index (χ2v) is 5.49. The lowest BCUT2D eigenvalue weighted by atomic mass is 10.0. The molecule has 3 N–H and O–H groups in total. The Kier molecular flexibility index (Phi) is 11.0. The number of carbonyl (C=O) groups is 3. The third kappa shape index (κ3) is 9.14. The topological polar surface area (TPSA) is 106 Å². The van der Waals surface area contributed by atoms with Crippen molar-refractivity contribution < 1.29 is 23.9 Å². The molecule has 23 heavy (non-hydrogen) atoms. The molecule has 0 spiro atoms. The van der Waals surface area contributed by atoms with Crippen molar-refractivity contribution in [3.63, 3.8) is 0 Å². The number of ether oxygens (including phenoxy) is 2. The van der Waals surface area contributed by atoms with E-state index in [1.165, 1.54) is 7.05 Å². The van der Waals surface area contributed by atoms with Crippen molar-refractivity contribution >= 4 is 17.7 Å². The Morgan fingerprint density at radius 2 is 1.61 bits per heavy atom. The summed E-state index contributed by atoms with van der Waals surface area (Å²) in [4.78, 5) is 35.6. The van der Waals surface area contributed by atoms with Crippen molar-refractivity contribution in [3.05, 3.63) is 0 Å². The Morgan fingerprint density at radius 3 is 2.13 bits per heavy atom. The number of hydrogen-bond acceptors (Lipinski definition) is 5. The molecule has 3 amide bonds. The molecular formula is C15H29N3O5. The zero-order chi connectivity index (χ0) is 17.8. The standard InChI is InChI=1S/C15H29N3O5/c1-10(2)13(15(21)17-11(3)14(20)16-4)18-12(19)6-7-23-9-8-22-5/h10-11,13H,6-9H2,1-5H3,(H,16,20)(H,17,21)(H,18,19)/t11-,13-/m0/s1. The molecule has 0 rings (SSSR count). The van der Waals surface area contributed by atoms with Crippen molar-refractivity contribution in [3.8, 4) is 0 Å². The maximum atomic E-state index is 12.2. The lowest BCUT2D eigenvalue weighted by Crippen LogP contribution is -2.54. The average Bonchev–Trinajstić information content (AvgIpc) is 2.50. The van der Waals surface area contributed by atoms with E-state index in [2.05, 4.69) is 16.0 Å². The Morgan fingerprint density at radius 1 is 0.957 bits per heavy atom. The number of hydrogen-bond donors (Lipinski definition) is 3. The molecule has 0 bridgehead atoms. The first-order chi connectivity index (χ1) is 10.8. The fraction of sp³-hybridized carbons (Fsp3) is 0.800. The summed E-state index contributed by atoms with van der Waals surface area (Å²) >= 11 is 0. The van der Waals surface area contributed by atoms with Crippen LogP contribution in [0.15, 0.2) is 0 Å². The molecule has 134 valence electrons. The summed E-state index contributed by atoms with van der Waals surface area (Å²) in [5, 5.41) is 7.72. The van der Waals surface area contributed by atoms with Gasteiger partial charge in [0.05, 0.1) is 19.8 Å². The first-order valence-corrected chi connectivity index (χ1v) is 7.71. The van der Waals surface area contributed by atoms with E-state index in [1.54, 1.807) is 14.0 Å². The van der Waals surface area contributed by atoms with Gasteiger partial charge in [-0.05, 0) is 12.8 Å². The van der Waals surface area contributed by atoms with Crippen LogP contribution in [0.1, 0.15) is 27.2 Å². The minimum atomic E-state index is -0.700. The van der Waals surface area contributed by atoms with Gasteiger partial charge in [-0.3, -0.25) is 14.4 Å². The first kappa shape index (κ1) is 21.3. The maximum absolute atomic E-state index is 12.2. The van der Waals surface area contributed by atoms with E-state index in [9.17, 15) is 14.4 Å². The van der Waals surface area contributed by atoms with Gasteiger partial charge in [0.15, 0.2) is 0 Å². The fourth-order valence-corrected chi connectivity index (χ4v) is 1.77. The van der Waals surface area contributed by atoms with Gasteiger partial charge in [-0.15, -0.1) is 0 Å². The molecular weight excluding hydrogens is 302 g/mol. The number of nitrogens with one attached hydrogen (secondary N) is 3. The Labute approximate surface area is 137 Å². The quantitative estimate of drug-likeness (QED) is 0.440. The van der Waals surface area contributed by atoms with Crippen LogP contribution in [-0.2, 0) is 23.9 Å². The molecule has 0 saturated carbocycles. The van der Waals surface area contributed by atoms with Crippen molar-refractivity contribution in [1.29, 1.82) is 0 Å². The molecule has 0 heterocycles. The van der Waals surface area contributed by atoms with E-state index < -0.39 is 12.1 Å². The monoisotopic (exact) mass is 331 g/mol. The fourth-order valence-electron chi connectivity index (χ4n) is 1.77. The lowest BCUT2D eigenvalue weighted by Gasteiger charge is -2.23. The molecule has 0 fully saturated rings. The van der Waals surface area contributed by atoms with Gasteiger partial charge in [-0.2, -0.15) is 0 Å². The van der Waals surface area contributed by atoms with Crippen LogP contribution >= 0.6 is 0 Å². The van der Waals surface area contributed by atoms with Gasteiger partial charge in [0.1, 0.15) is 12.1 Å². The molecule has 8 heteroatoms. The Balaban J connectivity index is 4.36. The second kappa shape index (κ2) is 11.8. The van der Waals surface area contributed by atoms with Gasteiger partial charge in [0.2, 0.25) is 17.7 Å². The van der Waals surface area contributed by atoms with E-state index in [-0.39, 0.29) is 36.7 Å². The SMILES string of the molecule is CNC(=O)[C@H](C)NC(=O)[C@@H](NC(=O)CCOCCOC)C(C)C. The first-order valence-electron chi connectivity index (χ1n) is 7.71. The van der Waals surface area contributed by atoms with E-state index in [1.807, 2.05) is 13.8 Å². The van der Waals surface area contributed by atoms with Crippen LogP contribution in [0.4, 0.5) is 0 Å². The highest BCUT2D eigenvalue weighted by Crippen LogP contribution is 2.03. The molecule has 0 aliphatic rings. The van der Waals surface area contributed by atoms with Gasteiger partial charge in [-0.1, -0.05) is 13.8 Å². The normalized spacial score (nSPS) is 13.3. The third-order valence-corrected chi connectivity index (χ3v) is 3.17. The van der Waals surface area contributed by atoms with Crippen LogP contribution in [0.2, 0.25) is 0 Å². The van der Waals surface area contributed by atoms with Crippen molar-refractivity contribution in [1.82, 2.24) is 16.0 Å². The van der Waals surface area contributed by atoms with Crippen LogP contribution < -0.4 is 16.0 Å². The molecule has 0 radical (unpaired) electrons. The summed E-state index contributed by atoms with van der Waals surface area (Å²) in [6, 6.07) is -1.36. The number of methoxy groups -OCH3 is 1. The average molecular weight is 331 g/mol. The van der Waals surface area contributed by atoms with Crippen LogP contribution in [0.5, 0.6) is 0 Å². The van der Waals surface area contributed by atoms with Gasteiger partial charge >= 0.3 is 0 Å². The Hall–Kier alpha value is -1.67. The molecule has 2 atom stereocenters. The summed E-state index contributed by atoms with van der Waals surface area (Å²) in [6.45, 7) is 6.38. The lowest BCUT2D eigenvalue weighted by molar-refractivity contribution is -0.133. The van der Waals surface area contributed by atoms with Crippen LogP contribution in [0, 0.1) is 5.92 Å². The third-order valence-electron chi connectivity index (χ3n) is 3.17. The van der Waals surface area contributed by atoms with Crippen molar-refractivity contribution in [2.75, 3.05) is 34.0 Å². The molecule has 8 nitrogen and oxygen atoms in total. The molecule has 0 aromatic heterocycles. The Bertz CT molecular complexity index is 387. The number of carbonyl (C=O) groups excluding carboxylic acids is 3. The van der Waals surface area contributed by atoms with Crippen molar-refractivity contribution in [2.24, 2.45) is 5.92 Å². The maximum Gasteiger partial charge on any atom is 0.243 e. The van der Waals surface area contributed by atoms with Crippen molar-refractivity contribution in [2.45, 2.75) is 39.3 Å². The van der Waals surface area contributed by atoms with Gasteiger partial charge in [0, 0.05) is 20.6 Å². The molecule has 0 aliphatic heterocycles. The van der Waals surface area contributed by atoms with Crippen LogP contribution in [0.3, 0.4) is 0 Å². The predicted octanol–water partition coefficient (Wildman–Crippen LogP) is -0.569. The second-order valence-electron chi connectivity index (χ2n) is 5.49. The van der Waals surface area contributed by atoms with Gasteiger partial charge < -0.3 is 25.4 Å². The smallest absolute Gasteiger partial charge is 0.243 e. The highest BCUT2D eigenvalue weighted by Gasteiger charge is 2.26. The molecule has 0 saturated heterocycles. The predicted molar refractivity (Wildman–Crippen MR) is 85.8 cm³/mol.